The maximum atomic E-state index is 13.1. The van der Waals surface area contributed by atoms with Crippen molar-refractivity contribution in [3.8, 4) is 17.2 Å². The molecule has 0 saturated heterocycles. The number of alkyl halides is 2. The molecule has 1 N–H and O–H groups in total. The number of pyridine rings is 1. The lowest BCUT2D eigenvalue weighted by Crippen LogP contribution is -2.25. The van der Waals surface area contributed by atoms with E-state index in [0.717, 1.165) is 31.5 Å². The summed E-state index contributed by atoms with van der Waals surface area (Å²) in [5, 5.41) is 11.2. The number of ether oxygens (including phenoxy) is 4. The second kappa shape index (κ2) is 15.4. The van der Waals surface area contributed by atoms with Crippen LogP contribution < -0.4 is 23.7 Å². The summed E-state index contributed by atoms with van der Waals surface area (Å²) in [7, 11) is -2.35. The third kappa shape index (κ3) is 10.2. The van der Waals surface area contributed by atoms with Crippen LogP contribution in [-0.2, 0) is 26.0 Å². The molecule has 1 aromatic heterocycles. The van der Waals surface area contributed by atoms with Crippen LogP contribution >= 0.6 is 35.0 Å². The van der Waals surface area contributed by atoms with Crippen molar-refractivity contribution < 1.29 is 50.5 Å². The molecule has 0 radical (unpaired) electrons. The molecule has 1 atom stereocenters. The molecule has 17 heteroatoms. The molecule has 1 saturated carbocycles. The number of rotatable bonds is 15. The van der Waals surface area contributed by atoms with E-state index >= 15 is 0 Å². The van der Waals surface area contributed by atoms with Gasteiger partial charge in [0, 0.05) is 17.5 Å². The molecule has 1 aliphatic rings. The summed E-state index contributed by atoms with van der Waals surface area (Å²) in [6.45, 7) is -2.83. The van der Waals surface area contributed by atoms with Crippen molar-refractivity contribution in [2.75, 3.05) is 30.4 Å². The third-order valence-electron chi connectivity index (χ3n) is 6.50. The van der Waals surface area contributed by atoms with Crippen molar-refractivity contribution >= 4 is 61.8 Å². The van der Waals surface area contributed by atoms with Gasteiger partial charge < -0.3 is 24.2 Å². The molecule has 2 aromatic carbocycles. The van der Waals surface area contributed by atoms with E-state index in [1.165, 1.54) is 43.5 Å². The fourth-order valence-corrected chi connectivity index (χ4v) is 5.94. The third-order valence-corrected chi connectivity index (χ3v) is 8.62. The molecule has 46 heavy (non-hydrogen) atoms. The monoisotopic (exact) mass is 720 g/mol. The highest BCUT2D eigenvalue weighted by Gasteiger charge is 2.27. The molecular formula is C29H28Cl2F2N2O9S2. The van der Waals surface area contributed by atoms with E-state index in [0.29, 0.717) is 22.1 Å². The lowest BCUT2D eigenvalue weighted by atomic mass is 10.0. The highest BCUT2D eigenvalue weighted by Crippen LogP contribution is 2.38. The average Bonchev–Trinajstić information content (AvgIpc) is 3.80. The van der Waals surface area contributed by atoms with E-state index in [1.54, 1.807) is 0 Å². The summed E-state index contributed by atoms with van der Waals surface area (Å²) < 4.78 is 73.6. The van der Waals surface area contributed by atoms with Gasteiger partial charge in [0.2, 0.25) is 15.1 Å². The number of thioether (sulfide) groups is 1. The number of halogens is 4. The molecule has 0 amide bonds. The Morgan fingerprint density at radius 3 is 2.37 bits per heavy atom. The van der Waals surface area contributed by atoms with E-state index in [-0.39, 0.29) is 63.1 Å². The topological polar surface area (TPSA) is 144 Å². The van der Waals surface area contributed by atoms with Crippen LogP contribution in [0, 0.1) is 11.1 Å². The Kier molecular flexibility index (Phi) is 11.8. The quantitative estimate of drug-likeness (QED) is 0.116. The molecule has 1 heterocycles. The highest BCUT2D eigenvalue weighted by molar-refractivity contribution is 8.14. The first-order valence-electron chi connectivity index (χ1n) is 13.5. The lowest BCUT2D eigenvalue weighted by Gasteiger charge is -2.21. The molecule has 11 nitrogen and oxygen atoms in total. The van der Waals surface area contributed by atoms with Crippen LogP contribution in [0.25, 0.3) is 0 Å². The van der Waals surface area contributed by atoms with Gasteiger partial charge in [-0.3, -0.25) is 14.3 Å². The van der Waals surface area contributed by atoms with Gasteiger partial charge in [-0.25, -0.2) is 8.42 Å². The van der Waals surface area contributed by atoms with E-state index in [9.17, 15) is 32.0 Å². The molecule has 4 rings (SSSR count). The van der Waals surface area contributed by atoms with Crippen LogP contribution in [0.4, 0.5) is 14.5 Å². The van der Waals surface area contributed by atoms with Gasteiger partial charge in [0.25, 0.3) is 0 Å². The Morgan fingerprint density at radius 2 is 1.76 bits per heavy atom. The number of benzene rings is 2. The number of hydrogen-bond donors (Lipinski definition) is 1. The Morgan fingerprint density at radius 1 is 1.09 bits per heavy atom. The largest absolute Gasteiger partial charge is 0.619 e. The van der Waals surface area contributed by atoms with Gasteiger partial charge in [-0.2, -0.15) is 13.5 Å². The maximum Gasteiger partial charge on any atom is 0.387 e. The van der Waals surface area contributed by atoms with Crippen LogP contribution in [-0.4, -0.2) is 51.8 Å². The maximum absolute atomic E-state index is 13.1. The van der Waals surface area contributed by atoms with Gasteiger partial charge in [-0.15, -0.1) is 0 Å². The Balaban J connectivity index is 1.56. The van der Waals surface area contributed by atoms with Gasteiger partial charge >= 0.3 is 12.6 Å². The number of hydrogen-bond acceptors (Lipinski definition) is 10. The normalized spacial score (nSPS) is 13.6. The summed E-state index contributed by atoms with van der Waals surface area (Å²) in [6, 6.07) is 8.15. The highest BCUT2D eigenvalue weighted by atomic mass is 35.5. The smallest absolute Gasteiger partial charge is 0.387 e. The number of esters is 1. The van der Waals surface area contributed by atoms with Gasteiger partial charge in [0.05, 0.1) is 31.4 Å². The molecule has 0 spiro atoms. The predicted molar refractivity (Wildman–Crippen MR) is 168 cm³/mol. The first kappa shape index (κ1) is 35.3. The lowest BCUT2D eigenvalue weighted by molar-refractivity contribution is -0.605. The number of carbonyl (C=O) groups is 2. The first-order valence-corrected chi connectivity index (χ1v) is 17.2. The Labute approximate surface area is 277 Å². The van der Waals surface area contributed by atoms with Gasteiger partial charge in [-0.1, -0.05) is 41.0 Å². The molecule has 1 aliphatic carbocycles. The number of carbonyl (C=O) groups excluding carboxylic acids is 2. The zero-order chi connectivity index (χ0) is 33.6. The standard InChI is InChI=1S/C29H28Cl2F2N2O9S2/c1-41-23-7-6-18(9-22(23)34-46(2,39)40)28(37)45-15-27(36)43-25(11-19-20(30)12-35(38)13-21(19)31)17-5-8-24(44-29(32)33)26(10-17)42-14-16-3-4-16/h5-10,12-13,16,25,29,34H,3-4,11,14-15H2,1-2H3/t25-/m0/s1. The van der Waals surface area contributed by atoms with Crippen molar-refractivity contribution in [3.05, 3.63) is 80.7 Å². The van der Waals surface area contributed by atoms with Crippen LogP contribution in [0.5, 0.6) is 17.2 Å². The van der Waals surface area contributed by atoms with E-state index in [1.807, 2.05) is 0 Å². The van der Waals surface area contributed by atoms with Crippen LogP contribution in [0.15, 0.2) is 48.8 Å². The van der Waals surface area contributed by atoms with E-state index in [4.69, 9.17) is 37.4 Å². The van der Waals surface area contributed by atoms with Crippen molar-refractivity contribution in [1.82, 2.24) is 0 Å². The molecule has 1 fully saturated rings. The second-order valence-corrected chi connectivity index (χ2v) is 13.7. The van der Waals surface area contributed by atoms with Crippen LogP contribution in [0.1, 0.15) is 40.4 Å². The first-order chi connectivity index (χ1) is 21.7. The van der Waals surface area contributed by atoms with E-state index < -0.39 is 39.6 Å². The summed E-state index contributed by atoms with van der Waals surface area (Å²) in [5.41, 5.74) is 0.709. The number of methoxy groups -OCH3 is 1. The van der Waals surface area contributed by atoms with Gasteiger partial charge in [0.1, 0.15) is 21.9 Å². The second-order valence-electron chi connectivity index (χ2n) is 10.2. The van der Waals surface area contributed by atoms with Gasteiger partial charge in [-0.05, 0) is 54.7 Å². The Hall–Kier alpha value is -3.53. The zero-order valence-corrected chi connectivity index (χ0v) is 27.5. The molecule has 3 aromatic rings. The molecular weight excluding hydrogens is 693 g/mol. The van der Waals surface area contributed by atoms with Crippen LogP contribution in [0.3, 0.4) is 0 Å². The predicted octanol–water partition coefficient (Wildman–Crippen LogP) is 5.80. The van der Waals surface area contributed by atoms with E-state index in [2.05, 4.69) is 9.46 Å². The van der Waals surface area contributed by atoms with Crippen molar-refractivity contribution in [2.45, 2.75) is 32.0 Å². The fraction of sp³-hybridized carbons (Fsp3) is 0.345. The number of nitrogens with one attached hydrogen (secondary N) is 1. The Bertz CT molecular complexity index is 1690. The van der Waals surface area contributed by atoms with Crippen molar-refractivity contribution in [2.24, 2.45) is 5.92 Å². The fourth-order valence-electron chi connectivity index (χ4n) is 4.18. The minimum absolute atomic E-state index is 0.00558. The van der Waals surface area contributed by atoms with Crippen molar-refractivity contribution in [1.29, 1.82) is 0 Å². The molecule has 0 bridgehead atoms. The minimum Gasteiger partial charge on any atom is -0.619 e. The van der Waals surface area contributed by atoms with Crippen LogP contribution in [0.2, 0.25) is 10.0 Å². The summed E-state index contributed by atoms with van der Waals surface area (Å²) in [4.78, 5) is 26.0. The summed E-state index contributed by atoms with van der Waals surface area (Å²) in [6.07, 6.45) is 3.73. The molecule has 248 valence electrons. The SMILES string of the molecule is COc1ccc(C(=O)SCC(=O)O[C@@H](Cc2c(Cl)c[n+]([O-])cc2Cl)c2ccc(OC(F)F)c(OCC3CC3)c2)cc1NS(C)(=O)=O. The number of anilines is 1. The molecule has 0 aliphatic heterocycles. The average molecular weight is 722 g/mol. The van der Waals surface area contributed by atoms with Gasteiger partial charge in [0.15, 0.2) is 23.9 Å². The summed E-state index contributed by atoms with van der Waals surface area (Å²) in [5.74, 6) is -1.02. The zero-order valence-electron chi connectivity index (χ0n) is 24.3. The number of aromatic nitrogens is 1. The van der Waals surface area contributed by atoms with Crippen molar-refractivity contribution in [3.63, 3.8) is 0 Å². The molecule has 0 unspecified atom stereocenters. The summed E-state index contributed by atoms with van der Waals surface area (Å²) >= 11 is 13.2. The minimum atomic E-state index is -3.68. The number of nitrogens with zero attached hydrogens (tertiary/aromatic N) is 1. The number of sulfonamides is 1.